The average Bonchev–Trinajstić information content (AvgIpc) is 2.54. The van der Waals surface area contributed by atoms with Gasteiger partial charge in [-0.15, -0.1) is 0 Å². The number of ether oxygens (including phenoxy) is 1. The minimum Gasteiger partial charge on any atom is -0.426 e. The average molecular weight is 329 g/mol. The Kier molecular flexibility index (Phi) is 4.49. The second-order valence-electron chi connectivity index (χ2n) is 7.37. The van der Waals surface area contributed by atoms with E-state index in [1.165, 1.54) is 5.56 Å². The fraction of sp³-hybridized carbons (Fsp3) is 0.579. The van der Waals surface area contributed by atoms with E-state index in [0.29, 0.717) is 11.8 Å². The van der Waals surface area contributed by atoms with Crippen LogP contribution in [0.15, 0.2) is 23.2 Å². The molecule has 1 aliphatic carbocycles. The SMILES string of the molecule is CN=CC1C2Cc3ccc(OC(=O)C(C)C)cc3[C@@]1(N)CCN2C. The molecule has 2 aliphatic rings. The topological polar surface area (TPSA) is 67.9 Å². The number of benzene rings is 1. The Bertz CT molecular complexity index is 671. The van der Waals surface area contributed by atoms with E-state index in [4.69, 9.17) is 10.5 Å². The first kappa shape index (κ1) is 17.1. The largest absolute Gasteiger partial charge is 0.426 e. The Hall–Kier alpha value is -1.72. The van der Waals surface area contributed by atoms with Crippen LogP contribution in [0.5, 0.6) is 5.75 Å². The van der Waals surface area contributed by atoms with E-state index in [0.717, 1.165) is 24.9 Å². The van der Waals surface area contributed by atoms with Crippen molar-refractivity contribution in [3.05, 3.63) is 29.3 Å². The number of piperidine rings is 1. The van der Waals surface area contributed by atoms with Crippen LogP contribution in [0.2, 0.25) is 0 Å². The molecule has 0 saturated carbocycles. The first-order valence-corrected chi connectivity index (χ1v) is 8.63. The summed E-state index contributed by atoms with van der Waals surface area (Å²) in [5, 5.41) is 0. The van der Waals surface area contributed by atoms with Gasteiger partial charge in [-0.3, -0.25) is 4.79 Å². The number of nitrogens with zero attached hydrogens (tertiary/aromatic N) is 2. The zero-order chi connectivity index (χ0) is 17.5. The maximum atomic E-state index is 11.9. The Morgan fingerprint density at radius 3 is 2.92 bits per heavy atom. The normalized spacial score (nSPS) is 29.8. The molecule has 1 aromatic rings. The van der Waals surface area contributed by atoms with Crippen LogP contribution >= 0.6 is 0 Å². The van der Waals surface area contributed by atoms with Crippen LogP contribution in [0.1, 0.15) is 31.4 Å². The van der Waals surface area contributed by atoms with Crippen LogP contribution in [0.25, 0.3) is 0 Å². The van der Waals surface area contributed by atoms with Crippen LogP contribution in [-0.4, -0.2) is 43.8 Å². The van der Waals surface area contributed by atoms with Crippen molar-refractivity contribution < 1.29 is 9.53 Å². The van der Waals surface area contributed by atoms with Crippen molar-refractivity contribution in [3.63, 3.8) is 0 Å². The predicted molar refractivity (Wildman–Crippen MR) is 95.4 cm³/mol. The van der Waals surface area contributed by atoms with E-state index >= 15 is 0 Å². The number of likely N-dealkylation sites (N-methyl/N-ethyl adjacent to an activating group) is 1. The Morgan fingerprint density at radius 1 is 1.50 bits per heavy atom. The van der Waals surface area contributed by atoms with E-state index in [1.54, 1.807) is 7.05 Å². The highest BCUT2D eigenvalue weighted by Gasteiger charge is 2.49. The monoisotopic (exact) mass is 329 g/mol. The molecular weight excluding hydrogens is 302 g/mol. The number of carbonyl (C=O) groups excluding carboxylic acids is 1. The zero-order valence-electron chi connectivity index (χ0n) is 15.0. The summed E-state index contributed by atoms with van der Waals surface area (Å²) in [6.07, 6.45) is 3.81. The lowest BCUT2D eigenvalue weighted by Gasteiger charge is -2.53. The van der Waals surface area contributed by atoms with Gasteiger partial charge in [0, 0.05) is 31.8 Å². The van der Waals surface area contributed by atoms with Gasteiger partial charge in [0.15, 0.2) is 0 Å². The molecule has 0 aromatic heterocycles. The zero-order valence-corrected chi connectivity index (χ0v) is 15.0. The molecule has 2 N–H and O–H groups in total. The maximum absolute atomic E-state index is 11.9. The summed E-state index contributed by atoms with van der Waals surface area (Å²) in [6, 6.07) is 6.27. The van der Waals surface area contributed by atoms with Gasteiger partial charge in [0.2, 0.25) is 0 Å². The highest BCUT2D eigenvalue weighted by molar-refractivity contribution is 5.74. The molecule has 1 saturated heterocycles. The highest BCUT2D eigenvalue weighted by atomic mass is 16.5. The predicted octanol–water partition coefficient (Wildman–Crippen LogP) is 1.98. The second kappa shape index (κ2) is 6.30. The standard InChI is InChI=1S/C19H27N3O2/c1-12(2)18(23)24-14-6-5-13-9-17-16(11-21-3)19(20,15(13)10-14)7-8-22(17)4/h5-6,10-12,16-17H,7-9,20H2,1-4H3/t16?,17?,19-/m0/s1. The summed E-state index contributed by atoms with van der Waals surface area (Å²) in [7, 11) is 3.96. The number of esters is 1. The summed E-state index contributed by atoms with van der Waals surface area (Å²) in [5.41, 5.74) is 8.80. The molecule has 2 bridgehead atoms. The molecule has 1 aliphatic heterocycles. The van der Waals surface area contributed by atoms with Crippen molar-refractivity contribution in [2.45, 2.75) is 38.3 Å². The fourth-order valence-electron chi connectivity index (χ4n) is 3.99. The summed E-state index contributed by atoms with van der Waals surface area (Å²) < 4.78 is 5.50. The Labute approximate surface area is 143 Å². The van der Waals surface area contributed by atoms with Gasteiger partial charge < -0.3 is 20.4 Å². The molecule has 5 heteroatoms. The molecule has 1 aromatic carbocycles. The summed E-state index contributed by atoms with van der Waals surface area (Å²) in [6.45, 7) is 4.63. The lowest BCUT2D eigenvalue weighted by molar-refractivity contribution is -0.137. The number of hydrogen-bond acceptors (Lipinski definition) is 5. The molecule has 5 nitrogen and oxygen atoms in total. The van der Waals surface area contributed by atoms with Crippen LogP contribution in [0.4, 0.5) is 0 Å². The molecule has 1 heterocycles. The number of hydrogen-bond donors (Lipinski definition) is 1. The second-order valence-corrected chi connectivity index (χ2v) is 7.37. The minimum atomic E-state index is -0.454. The van der Waals surface area contributed by atoms with E-state index in [2.05, 4.69) is 23.0 Å². The van der Waals surface area contributed by atoms with Gasteiger partial charge in [0.25, 0.3) is 0 Å². The maximum Gasteiger partial charge on any atom is 0.313 e. The van der Waals surface area contributed by atoms with Crippen molar-refractivity contribution in [1.29, 1.82) is 0 Å². The third kappa shape index (κ3) is 2.76. The number of fused-ring (bicyclic) bond motifs is 4. The number of aliphatic imine (C=N–C) groups is 1. The smallest absolute Gasteiger partial charge is 0.313 e. The highest BCUT2D eigenvalue weighted by Crippen LogP contribution is 2.45. The third-order valence-electron chi connectivity index (χ3n) is 5.47. The van der Waals surface area contributed by atoms with Gasteiger partial charge in [-0.1, -0.05) is 19.9 Å². The van der Waals surface area contributed by atoms with Gasteiger partial charge in [-0.25, -0.2) is 0 Å². The number of carbonyl (C=O) groups is 1. The van der Waals surface area contributed by atoms with E-state index < -0.39 is 5.54 Å². The van der Waals surface area contributed by atoms with E-state index in [-0.39, 0.29) is 17.8 Å². The van der Waals surface area contributed by atoms with Gasteiger partial charge in [-0.2, -0.15) is 0 Å². The van der Waals surface area contributed by atoms with E-state index in [1.807, 2.05) is 32.2 Å². The molecule has 0 spiro atoms. The quantitative estimate of drug-likeness (QED) is 0.523. The molecule has 130 valence electrons. The van der Waals surface area contributed by atoms with Gasteiger partial charge in [0.05, 0.1) is 11.5 Å². The lowest BCUT2D eigenvalue weighted by atomic mass is 9.63. The van der Waals surface area contributed by atoms with Gasteiger partial charge >= 0.3 is 5.97 Å². The van der Waals surface area contributed by atoms with Crippen molar-refractivity contribution >= 4 is 12.2 Å². The third-order valence-corrected chi connectivity index (χ3v) is 5.47. The van der Waals surface area contributed by atoms with Crippen molar-refractivity contribution in [2.24, 2.45) is 22.6 Å². The molecule has 3 atom stereocenters. The van der Waals surface area contributed by atoms with Crippen LogP contribution in [0, 0.1) is 11.8 Å². The van der Waals surface area contributed by atoms with Crippen molar-refractivity contribution in [2.75, 3.05) is 20.6 Å². The number of rotatable bonds is 3. The molecule has 0 amide bonds. The summed E-state index contributed by atoms with van der Waals surface area (Å²) in [5.74, 6) is 0.386. The number of nitrogens with two attached hydrogens (primary N) is 1. The lowest BCUT2D eigenvalue weighted by Crippen LogP contribution is -2.63. The van der Waals surface area contributed by atoms with E-state index in [9.17, 15) is 4.79 Å². The Balaban J connectivity index is 2.01. The summed E-state index contributed by atoms with van der Waals surface area (Å²) >= 11 is 0. The fourth-order valence-corrected chi connectivity index (χ4v) is 3.99. The Morgan fingerprint density at radius 2 is 2.25 bits per heavy atom. The first-order chi connectivity index (χ1) is 11.4. The van der Waals surface area contributed by atoms with Crippen molar-refractivity contribution in [1.82, 2.24) is 4.90 Å². The molecule has 3 rings (SSSR count). The van der Waals surface area contributed by atoms with Crippen LogP contribution in [0.3, 0.4) is 0 Å². The van der Waals surface area contributed by atoms with Crippen molar-refractivity contribution in [3.8, 4) is 5.75 Å². The van der Waals surface area contributed by atoms with Crippen LogP contribution < -0.4 is 10.5 Å². The van der Waals surface area contributed by atoms with Crippen LogP contribution in [-0.2, 0) is 16.8 Å². The van der Waals surface area contributed by atoms with Gasteiger partial charge in [0.1, 0.15) is 5.75 Å². The number of likely N-dealkylation sites (tertiary alicyclic amines) is 1. The minimum absolute atomic E-state index is 0.152. The molecule has 24 heavy (non-hydrogen) atoms. The summed E-state index contributed by atoms with van der Waals surface area (Å²) in [4.78, 5) is 18.6. The first-order valence-electron chi connectivity index (χ1n) is 8.63. The molecular formula is C19H27N3O2. The molecule has 0 radical (unpaired) electrons. The molecule has 1 fully saturated rings. The van der Waals surface area contributed by atoms with Gasteiger partial charge in [-0.05, 0) is 43.1 Å². The molecule has 2 unspecified atom stereocenters.